The summed E-state index contributed by atoms with van der Waals surface area (Å²) < 4.78 is 1.78. The summed E-state index contributed by atoms with van der Waals surface area (Å²) in [4.78, 5) is 30.2. The van der Waals surface area contributed by atoms with Gasteiger partial charge in [-0.05, 0) is 31.0 Å². The number of rotatable bonds is 3. The van der Waals surface area contributed by atoms with E-state index in [9.17, 15) is 14.9 Å². The third-order valence-electron chi connectivity index (χ3n) is 5.29. The number of aryl methyl sites for hydroxylation is 1. The number of imidazole rings is 1. The molecule has 4 rings (SSSR count). The highest BCUT2D eigenvalue weighted by molar-refractivity contribution is 6.00. The first-order valence-corrected chi connectivity index (χ1v) is 8.94. The van der Waals surface area contributed by atoms with Gasteiger partial charge in [0.25, 0.3) is 5.91 Å². The Labute approximate surface area is 156 Å². The van der Waals surface area contributed by atoms with Gasteiger partial charge in [0.15, 0.2) is 0 Å². The highest BCUT2D eigenvalue weighted by Gasteiger charge is 2.40. The molecule has 0 spiro atoms. The highest BCUT2D eigenvalue weighted by Crippen LogP contribution is 2.31. The number of hydrogen-bond donors (Lipinski definition) is 0. The van der Waals surface area contributed by atoms with Crippen molar-refractivity contribution in [3.63, 3.8) is 0 Å². The minimum absolute atomic E-state index is 0.111. The van der Waals surface area contributed by atoms with Crippen molar-refractivity contribution in [2.45, 2.75) is 25.3 Å². The number of nitro groups is 1. The van der Waals surface area contributed by atoms with Gasteiger partial charge >= 0.3 is 0 Å². The zero-order valence-electron chi connectivity index (χ0n) is 15.0. The Morgan fingerprint density at radius 3 is 2.93 bits per heavy atom. The monoisotopic (exact) mass is 364 g/mol. The first-order chi connectivity index (χ1) is 13.0. The third-order valence-corrected chi connectivity index (χ3v) is 5.29. The maximum absolute atomic E-state index is 13.0. The summed E-state index contributed by atoms with van der Waals surface area (Å²) in [5.74, 6) is -0.370. The average Bonchev–Trinajstić information content (AvgIpc) is 3.15. The lowest BCUT2D eigenvalue weighted by atomic mass is 9.85. The van der Waals surface area contributed by atoms with Crippen molar-refractivity contribution in [2.24, 2.45) is 0 Å². The van der Waals surface area contributed by atoms with Gasteiger partial charge in [0, 0.05) is 17.7 Å². The average molecular weight is 364 g/mol. The predicted molar refractivity (Wildman–Crippen MR) is 100 cm³/mol. The van der Waals surface area contributed by atoms with Gasteiger partial charge in [-0.15, -0.1) is 0 Å². The van der Waals surface area contributed by atoms with Crippen molar-refractivity contribution in [1.29, 1.82) is 0 Å². The number of aromatic nitrogens is 2. The topological polar surface area (TPSA) is 80.8 Å². The highest BCUT2D eigenvalue weighted by atomic mass is 16.6. The van der Waals surface area contributed by atoms with E-state index in [-0.39, 0.29) is 23.3 Å². The number of hydrogen-bond acceptors (Lipinski definition) is 4. The molecule has 1 aliphatic rings. The Morgan fingerprint density at radius 2 is 2.15 bits per heavy atom. The maximum atomic E-state index is 13.0. The van der Waals surface area contributed by atoms with Crippen LogP contribution < -0.4 is 0 Å². The molecule has 0 unspecified atom stereocenters. The Bertz CT molecular complexity index is 1010. The molecule has 138 valence electrons. The fourth-order valence-corrected chi connectivity index (χ4v) is 3.92. The van der Waals surface area contributed by atoms with Crippen LogP contribution in [-0.4, -0.2) is 44.2 Å². The van der Waals surface area contributed by atoms with E-state index in [1.807, 2.05) is 37.4 Å². The summed E-state index contributed by atoms with van der Waals surface area (Å²) >= 11 is 0. The summed E-state index contributed by atoms with van der Waals surface area (Å²) in [5.41, 5.74) is 3.29. The molecule has 2 atom stereocenters. The van der Waals surface area contributed by atoms with Crippen molar-refractivity contribution >= 4 is 11.4 Å². The molecule has 1 amide bonds. The summed E-state index contributed by atoms with van der Waals surface area (Å²) in [7, 11) is 0. The minimum atomic E-state index is -0.811. The summed E-state index contributed by atoms with van der Waals surface area (Å²) in [6.45, 7) is 2.59. The van der Waals surface area contributed by atoms with Crippen LogP contribution in [0, 0.1) is 17.0 Å². The second kappa shape index (κ2) is 6.83. The number of pyridine rings is 1. The van der Waals surface area contributed by atoms with E-state index in [2.05, 4.69) is 4.98 Å². The maximum Gasteiger partial charge on any atom is 0.256 e. The van der Waals surface area contributed by atoms with Crippen molar-refractivity contribution in [3.05, 3.63) is 81.9 Å². The number of piperidine rings is 1. The van der Waals surface area contributed by atoms with Gasteiger partial charge in [-0.25, -0.2) is 4.98 Å². The number of amides is 1. The largest absolute Gasteiger partial charge is 0.332 e. The first kappa shape index (κ1) is 17.2. The minimum Gasteiger partial charge on any atom is -0.332 e. The number of benzene rings is 1. The van der Waals surface area contributed by atoms with Gasteiger partial charge in [-0.2, -0.15) is 0 Å². The molecule has 1 aliphatic heterocycles. The van der Waals surface area contributed by atoms with Crippen LogP contribution in [0.4, 0.5) is 0 Å². The van der Waals surface area contributed by atoms with Crippen LogP contribution in [0.15, 0.2) is 55.1 Å². The molecular formula is C20H20N4O3. The number of carbonyl (C=O) groups is 1. The standard InChI is InChI=1S/C20H20N4O3/c1-14-4-2-5-15(10-14)16-7-9-22(12-19(16)24(26)27)20(25)17-6-3-8-23-13-21-11-18(17)23/h2-6,8,10-11,13,16,19H,7,9,12H2,1H3/t16-,19+/m0/s1. The molecule has 0 aliphatic carbocycles. The number of carbonyl (C=O) groups excluding carboxylic acids is 1. The zero-order valence-corrected chi connectivity index (χ0v) is 15.0. The normalized spacial score (nSPS) is 20.0. The Balaban J connectivity index is 1.61. The molecule has 27 heavy (non-hydrogen) atoms. The van der Waals surface area contributed by atoms with E-state index < -0.39 is 6.04 Å². The van der Waals surface area contributed by atoms with E-state index >= 15 is 0 Å². The van der Waals surface area contributed by atoms with Crippen LogP contribution in [0.25, 0.3) is 5.52 Å². The fourth-order valence-electron chi connectivity index (χ4n) is 3.92. The number of fused-ring (bicyclic) bond motifs is 1. The Hall–Kier alpha value is -3.22. The SMILES string of the molecule is Cc1cccc([C@@H]2CCN(C(=O)c3cccn4cncc34)C[C@H]2[N+](=O)[O-])c1. The van der Waals surface area contributed by atoms with Crippen molar-refractivity contribution in [2.75, 3.05) is 13.1 Å². The van der Waals surface area contributed by atoms with Gasteiger partial charge < -0.3 is 9.30 Å². The van der Waals surface area contributed by atoms with Crippen LogP contribution in [0.2, 0.25) is 0 Å². The lowest BCUT2D eigenvalue weighted by Crippen LogP contribution is -2.49. The third kappa shape index (κ3) is 3.16. The van der Waals surface area contributed by atoms with E-state index in [0.717, 1.165) is 11.1 Å². The molecular weight excluding hydrogens is 344 g/mol. The van der Waals surface area contributed by atoms with Gasteiger partial charge in [-0.3, -0.25) is 14.9 Å². The van der Waals surface area contributed by atoms with Crippen LogP contribution >= 0.6 is 0 Å². The van der Waals surface area contributed by atoms with Gasteiger partial charge in [0.1, 0.15) is 0 Å². The quantitative estimate of drug-likeness (QED) is 0.529. The molecule has 1 fully saturated rings. The van der Waals surface area contributed by atoms with Crippen molar-refractivity contribution in [1.82, 2.24) is 14.3 Å². The number of nitrogens with zero attached hydrogens (tertiary/aromatic N) is 4. The first-order valence-electron chi connectivity index (χ1n) is 8.94. The van der Waals surface area contributed by atoms with Crippen LogP contribution in [-0.2, 0) is 0 Å². The van der Waals surface area contributed by atoms with Crippen LogP contribution in [0.3, 0.4) is 0 Å². The van der Waals surface area contributed by atoms with Crippen LogP contribution in [0.1, 0.15) is 33.8 Å². The number of likely N-dealkylation sites (tertiary alicyclic amines) is 1. The zero-order chi connectivity index (χ0) is 19.0. The molecule has 2 aromatic heterocycles. The molecule has 1 aromatic carbocycles. The van der Waals surface area contributed by atoms with Gasteiger partial charge in [0.2, 0.25) is 6.04 Å². The van der Waals surface area contributed by atoms with E-state index in [1.165, 1.54) is 0 Å². The molecule has 7 nitrogen and oxygen atoms in total. The predicted octanol–water partition coefficient (Wildman–Crippen LogP) is 2.92. The smallest absolute Gasteiger partial charge is 0.256 e. The van der Waals surface area contributed by atoms with E-state index in [0.29, 0.717) is 24.0 Å². The van der Waals surface area contributed by atoms with E-state index in [4.69, 9.17) is 0 Å². The summed E-state index contributed by atoms with van der Waals surface area (Å²) in [5, 5.41) is 11.8. The van der Waals surface area contributed by atoms with Crippen molar-refractivity contribution < 1.29 is 9.72 Å². The second-order valence-corrected chi connectivity index (χ2v) is 7.02. The molecule has 1 saturated heterocycles. The molecule has 3 aromatic rings. The molecule has 0 N–H and O–H groups in total. The molecule has 0 bridgehead atoms. The lowest BCUT2D eigenvalue weighted by molar-refractivity contribution is -0.529. The fraction of sp³-hybridized carbons (Fsp3) is 0.300. The Morgan fingerprint density at radius 1 is 1.30 bits per heavy atom. The van der Waals surface area contributed by atoms with Gasteiger partial charge in [-0.1, -0.05) is 29.8 Å². The Kier molecular flexibility index (Phi) is 4.35. The summed E-state index contributed by atoms with van der Waals surface area (Å²) in [6.07, 6.45) is 5.67. The molecule has 0 saturated carbocycles. The van der Waals surface area contributed by atoms with Gasteiger partial charge in [0.05, 0.1) is 36.1 Å². The van der Waals surface area contributed by atoms with E-state index in [1.54, 1.807) is 34.0 Å². The second-order valence-electron chi connectivity index (χ2n) is 7.02. The van der Waals surface area contributed by atoms with Crippen LogP contribution in [0.5, 0.6) is 0 Å². The van der Waals surface area contributed by atoms with Crippen molar-refractivity contribution in [3.8, 4) is 0 Å². The molecule has 3 heterocycles. The lowest BCUT2D eigenvalue weighted by Gasteiger charge is -2.34. The molecule has 0 radical (unpaired) electrons. The molecule has 7 heteroatoms. The summed E-state index contributed by atoms with van der Waals surface area (Å²) in [6, 6.07) is 10.6.